The predicted octanol–water partition coefficient (Wildman–Crippen LogP) is 4.35. The summed E-state index contributed by atoms with van der Waals surface area (Å²) in [6, 6.07) is 3.91. The van der Waals surface area contributed by atoms with Crippen LogP contribution < -0.4 is 10.6 Å². The number of thioether (sulfide) groups is 1. The molecule has 1 aromatic carbocycles. The number of rotatable bonds is 5. The van der Waals surface area contributed by atoms with Crippen LogP contribution in [0.2, 0.25) is 5.02 Å². The highest BCUT2D eigenvalue weighted by Crippen LogP contribution is 2.26. The van der Waals surface area contributed by atoms with Crippen LogP contribution in [-0.2, 0) is 9.59 Å². The molecule has 1 aromatic rings. The highest BCUT2D eigenvalue weighted by Gasteiger charge is 2.32. The molecule has 0 spiro atoms. The predicted molar refractivity (Wildman–Crippen MR) is 111 cm³/mol. The van der Waals surface area contributed by atoms with Gasteiger partial charge in [0.1, 0.15) is 11.1 Å². The largest absolute Gasteiger partial charge is 0.326 e. The number of anilines is 1. The number of amides is 2. The van der Waals surface area contributed by atoms with E-state index in [1.807, 2.05) is 6.92 Å². The Morgan fingerprint density at radius 3 is 2.82 bits per heavy atom. The maximum atomic E-state index is 13.2. The van der Waals surface area contributed by atoms with E-state index in [1.165, 1.54) is 49.2 Å². The van der Waals surface area contributed by atoms with E-state index < -0.39 is 11.1 Å². The Morgan fingerprint density at radius 1 is 1.36 bits per heavy atom. The van der Waals surface area contributed by atoms with Gasteiger partial charge in [0.2, 0.25) is 11.8 Å². The number of carbonyl (C=O) groups excluding carboxylic acids is 2. The van der Waals surface area contributed by atoms with Crippen molar-refractivity contribution in [1.82, 2.24) is 5.32 Å². The van der Waals surface area contributed by atoms with Crippen LogP contribution in [0.4, 0.5) is 10.1 Å². The van der Waals surface area contributed by atoms with Crippen LogP contribution in [0.3, 0.4) is 0 Å². The lowest BCUT2D eigenvalue weighted by atomic mass is 9.86. The van der Waals surface area contributed by atoms with Gasteiger partial charge >= 0.3 is 0 Å². The first-order valence-corrected chi connectivity index (χ1v) is 10.5. The molecule has 2 fully saturated rings. The second kappa shape index (κ2) is 9.52. The van der Waals surface area contributed by atoms with Crippen molar-refractivity contribution in [3.8, 4) is 0 Å². The summed E-state index contributed by atoms with van der Waals surface area (Å²) in [4.78, 5) is 24.3. The second-order valence-electron chi connectivity index (χ2n) is 6.96. The third-order valence-corrected chi connectivity index (χ3v) is 6.21. The number of hydrogen-bond donors (Lipinski definition) is 2. The molecule has 2 aliphatic rings. The molecule has 150 valence electrons. The van der Waals surface area contributed by atoms with Gasteiger partial charge in [-0.2, -0.15) is 5.10 Å². The van der Waals surface area contributed by atoms with Crippen LogP contribution in [0.1, 0.15) is 45.4 Å². The van der Waals surface area contributed by atoms with E-state index in [1.54, 1.807) is 0 Å². The lowest BCUT2D eigenvalue weighted by molar-refractivity contribution is -0.122. The van der Waals surface area contributed by atoms with Crippen molar-refractivity contribution in [2.45, 2.75) is 50.7 Å². The second-order valence-corrected chi connectivity index (χ2v) is 8.56. The van der Waals surface area contributed by atoms with Crippen molar-refractivity contribution in [1.29, 1.82) is 0 Å². The topological polar surface area (TPSA) is 82.9 Å². The fourth-order valence-corrected chi connectivity index (χ4v) is 4.37. The van der Waals surface area contributed by atoms with Gasteiger partial charge in [0, 0.05) is 17.8 Å². The van der Waals surface area contributed by atoms with Crippen LogP contribution >= 0.6 is 23.4 Å². The molecule has 1 aliphatic carbocycles. The average molecular weight is 425 g/mol. The van der Waals surface area contributed by atoms with Gasteiger partial charge in [0.25, 0.3) is 0 Å². The zero-order valence-corrected chi connectivity index (χ0v) is 17.1. The van der Waals surface area contributed by atoms with Crippen LogP contribution in [0.15, 0.2) is 28.4 Å². The summed E-state index contributed by atoms with van der Waals surface area (Å²) in [6.07, 6.45) is 5.95. The van der Waals surface area contributed by atoms with Crippen molar-refractivity contribution >= 4 is 51.7 Å². The fraction of sp³-hybridized carbons (Fsp3) is 0.474. The molecule has 1 saturated heterocycles. The zero-order valence-electron chi connectivity index (χ0n) is 15.5. The number of nitrogens with one attached hydrogen (secondary N) is 2. The summed E-state index contributed by atoms with van der Waals surface area (Å²) in [7, 11) is 0. The van der Waals surface area contributed by atoms with Gasteiger partial charge in [-0.3, -0.25) is 9.59 Å². The summed E-state index contributed by atoms with van der Waals surface area (Å²) in [5, 5.41) is 13.5. The Labute approximate surface area is 172 Å². The van der Waals surface area contributed by atoms with Gasteiger partial charge in [-0.1, -0.05) is 42.6 Å². The van der Waals surface area contributed by atoms with Gasteiger partial charge in [-0.15, -0.1) is 5.10 Å². The molecule has 0 aromatic heterocycles. The number of amidine groups is 1. The van der Waals surface area contributed by atoms with Gasteiger partial charge < -0.3 is 10.6 Å². The van der Waals surface area contributed by atoms with E-state index in [-0.39, 0.29) is 23.3 Å². The van der Waals surface area contributed by atoms with Gasteiger partial charge in [0.05, 0.1) is 5.02 Å². The summed E-state index contributed by atoms with van der Waals surface area (Å²) in [6.45, 7) is 1.97. The number of halogens is 2. The average Bonchev–Trinajstić information content (AvgIpc) is 3.02. The number of nitrogens with zero attached hydrogens (tertiary/aromatic N) is 2. The Balaban J connectivity index is 1.54. The molecule has 0 bridgehead atoms. The molecule has 1 atom stereocenters. The van der Waals surface area contributed by atoms with E-state index in [0.717, 1.165) is 18.6 Å². The third-order valence-electron chi connectivity index (χ3n) is 4.85. The Kier molecular flexibility index (Phi) is 7.07. The van der Waals surface area contributed by atoms with Crippen molar-refractivity contribution < 1.29 is 14.0 Å². The number of hydrogen-bond acceptors (Lipinski definition) is 5. The quantitative estimate of drug-likeness (QED) is 0.544. The zero-order chi connectivity index (χ0) is 20.1. The Morgan fingerprint density at radius 2 is 2.11 bits per heavy atom. The van der Waals surface area contributed by atoms with Crippen molar-refractivity contribution in [3.63, 3.8) is 0 Å². The van der Waals surface area contributed by atoms with Crippen molar-refractivity contribution in [2.75, 3.05) is 5.32 Å². The molecular formula is C19H22ClFN4O2S. The van der Waals surface area contributed by atoms with E-state index in [0.29, 0.717) is 16.8 Å². The SMILES string of the molecule is C/C(=N/N=C1\NC(=O)[C@@H](CC(=O)Nc2ccc(F)c(Cl)c2)S1)C1CCCCC1. The van der Waals surface area contributed by atoms with Gasteiger partial charge in [-0.25, -0.2) is 4.39 Å². The smallest absolute Gasteiger partial charge is 0.240 e. The molecule has 0 radical (unpaired) electrons. The Bertz CT molecular complexity index is 824. The third kappa shape index (κ3) is 5.54. The molecule has 9 heteroatoms. The maximum absolute atomic E-state index is 13.2. The lowest BCUT2D eigenvalue weighted by Gasteiger charge is -2.20. The standard InChI is InChI=1S/C19H22ClFN4O2S/c1-11(12-5-3-2-4-6-12)24-25-19-23-18(27)16(28-19)10-17(26)22-13-7-8-15(21)14(20)9-13/h7-9,12,16H,2-6,10H2,1H3,(H,22,26)(H,23,25,27)/b24-11-/t16-/m1/s1. The monoisotopic (exact) mass is 424 g/mol. The highest BCUT2D eigenvalue weighted by molar-refractivity contribution is 8.15. The van der Waals surface area contributed by atoms with Gasteiger partial charge in [0.15, 0.2) is 5.17 Å². The van der Waals surface area contributed by atoms with Crippen molar-refractivity contribution in [2.24, 2.45) is 16.1 Å². The van der Waals surface area contributed by atoms with Crippen LogP contribution in [-0.4, -0.2) is 27.9 Å². The normalized spacial score (nSPS) is 22.4. The molecule has 0 unspecified atom stereocenters. The molecule has 1 aliphatic heterocycles. The molecule has 2 amide bonds. The summed E-state index contributed by atoms with van der Waals surface area (Å²) in [5.74, 6) is -0.736. The van der Waals surface area contributed by atoms with Crippen LogP contribution in [0.25, 0.3) is 0 Å². The van der Waals surface area contributed by atoms with E-state index in [2.05, 4.69) is 20.8 Å². The minimum Gasteiger partial charge on any atom is -0.326 e. The minimum atomic E-state index is -0.583. The summed E-state index contributed by atoms with van der Waals surface area (Å²) in [5.41, 5.74) is 1.36. The highest BCUT2D eigenvalue weighted by atomic mass is 35.5. The van der Waals surface area contributed by atoms with Crippen molar-refractivity contribution in [3.05, 3.63) is 29.0 Å². The molecule has 28 heavy (non-hydrogen) atoms. The van der Waals surface area contributed by atoms with Crippen LogP contribution in [0, 0.1) is 11.7 Å². The van der Waals surface area contributed by atoms with Crippen LogP contribution in [0.5, 0.6) is 0 Å². The molecule has 1 heterocycles. The first-order valence-electron chi connectivity index (χ1n) is 9.27. The van der Waals surface area contributed by atoms with Gasteiger partial charge in [-0.05, 0) is 43.9 Å². The first kappa shape index (κ1) is 20.8. The first-order chi connectivity index (χ1) is 13.4. The molecule has 6 nitrogen and oxygen atoms in total. The molecule has 1 saturated carbocycles. The molecular weight excluding hydrogens is 403 g/mol. The maximum Gasteiger partial charge on any atom is 0.240 e. The number of benzene rings is 1. The Hall–Kier alpha value is -1.93. The lowest BCUT2D eigenvalue weighted by Crippen LogP contribution is -2.28. The summed E-state index contributed by atoms with van der Waals surface area (Å²) >= 11 is 6.89. The van der Waals surface area contributed by atoms with E-state index in [9.17, 15) is 14.0 Å². The van der Waals surface area contributed by atoms with E-state index >= 15 is 0 Å². The van der Waals surface area contributed by atoms with E-state index in [4.69, 9.17) is 11.6 Å². The fourth-order valence-electron chi connectivity index (χ4n) is 3.27. The molecule has 3 rings (SSSR count). The summed E-state index contributed by atoms with van der Waals surface area (Å²) < 4.78 is 13.2. The minimum absolute atomic E-state index is 0.0319. The molecule has 2 N–H and O–H groups in total. The number of carbonyl (C=O) groups is 2.